The van der Waals surface area contributed by atoms with Gasteiger partial charge in [0.25, 0.3) is 0 Å². The predicted molar refractivity (Wildman–Crippen MR) is 108 cm³/mol. The van der Waals surface area contributed by atoms with E-state index < -0.39 is 11.7 Å². The topological polar surface area (TPSA) is 17.3 Å². The van der Waals surface area contributed by atoms with Crippen molar-refractivity contribution in [2.45, 2.75) is 57.5 Å². The van der Waals surface area contributed by atoms with Crippen molar-refractivity contribution in [3.63, 3.8) is 0 Å². The standard InChI is InChI=1S/C22H22BrF3N2/c1-14-11-17(23)13-28-19(12-16-9-5-6-10-18(16)22(24,25)26)20(27-21(14)28)15-7-3-2-4-8-15/h5-6,9-11,13,15H,2-4,7-8,12H2,1H3. The Balaban J connectivity index is 1.88. The Bertz CT molecular complexity index is 1000. The summed E-state index contributed by atoms with van der Waals surface area (Å²) in [6, 6.07) is 7.87. The van der Waals surface area contributed by atoms with Gasteiger partial charge in [-0.3, -0.25) is 0 Å². The summed E-state index contributed by atoms with van der Waals surface area (Å²) in [5, 5.41) is 0. The number of pyridine rings is 1. The lowest BCUT2D eigenvalue weighted by atomic mass is 9.85. The first-order valence-corrected chi connectivity index (χ1v) is 10.5. The normalized spacial score (nSPS) is 16.0. The molecule has 0 atom stereocenters. The first-order valence-electron chi connectivity index (χ1n) is 9.66. The quantitative estimate of drug-likeness (QED) is 0.417. The number of benzene rings is 1. The molecule has 148 valence electrons. The Morgan fingerprint density at radius 3 is 2.57 bits per heavy atom. The number of halogens is 4. The number of nitrogens with zero attached hydrogens (tertiary/aromatic N) is 2. The Morgan fingerprint density at radius 1 is 1.14 bits per heavy atom. The smallest absolute Gasteiger partial charge is 0.302 e. The molecule has 1 fully saturated rings. The molecular weight excluding hydrogens is 429 g/mol. The van der Waals surface area contributed by atoms with E-state index in [0.29, 0.717) is 11.5 Å². The van der Waals surface area contributed by atoms with Gasteiger partial charge in [0.2, 0.25) is 0 Å². The zero-order valence-corrected chi connectivity index (χ0v) is 17.3. The minimum absolute atomic E-state index is 0.221. The summed E-state index contributed by atoms with van der Waals surface area (Å²) >= 11 is 3.53. The summed E-state index contributed by atoms with van der Waals surface area (Å²) in [4.78, 5) is 4.93. The van der Waals surface area contributed by atoms with Gasteiger partial charge in [0.15, 0.2) is 0 Å². The van der Waals surface area contributed by atoms with Crippen LogP contribution in [0, 0.1) is 6.92 Å². The van der Waals surface area contributed by atoms with Crippen LogP contribution in [-0.4, -0.2) is 9.38 Å². The first-order chi connectivity index (χ1) is 13.3. The average Bonchev–Trinajstić information content (AvgIpc) is 3.01. The average molecular weight is 451 g/mol. The highest BCUT2D eigenvalue weighted by Crippen LogP contribution is 2.38. The van der Waals surface area contributed by atoms with Crippen LogP contribution in [0.4, 0.5) is 13.2 Å². The molecule has 0 saturated heterocycles. The fraction of sp³-hybridized carbons (Fsp3) is 0.409. The third-order valence-corrected chi connectivity index (χ3v) is 6.11. The summed E-state index contributed by atoms with van der Waals surface area (Å²) in [7, 11) is 0. The van der Waals surface area contributed by atoms with Crippen LogP contribution in [0.5, 0.6) is 0 Å². The Kier molecular flexibility index (Phi) is 5.25. The van der Waals surface area contributed by atoms with E-state index >= 15 is 0 Å². The summed E-state index contributed by atoms with van der Waals surface area (Å²) in [6.45, 7) is 1.99. The van der Waals surface area contributed by atoms with Gasteiger partial charge in [-0.2, -0.15) is 13.2 Å². The van der Waals surface area contributed by atoms with Crippen molar-refractivity contribution in [1.29, 1.82) is 0 Å². The van der Waals surface area contributed by atoms with Crippen LogP contribution in [-0.2, 0) is 12.6 Å². The highest BCUT2D eigenvalue weighted by atomic mass is 79.9. The SMILES string of the molecule is Cc1cc(Br)cn2c(Cc3ccccc3C(F)(F)F)c(C3CCCCC3)nc12. The van der Waals surface area contributed by atoms with E-state index in [2.05, 4.69) is 15.9 Å². The summed E-state index contributed by atoms with van der Waals surface area (Å²) < 4.78 is 43.5. The fourth-order valence-corrected chi connectivity index (χ4v) is 4.89. The van der Waals surface area contributed by atoms with Gasteiger partial charge >= 0.3 is 6.18 Å². The molecule has 0 unspecified atom stereocenters. The molecule has 0 amide bonds. The van der Waals surface area contributed by atoms with E-state index in [1.54, 1.807) is 12.1 Å². The molecule has 0 radical (unpaired) electrons. The van der Waals surface area contributed by atoms with E-state index in [1.807, 2.05) is 23.6 Å². The van der Waals surface area contributed by atoms with Crippen LogP contribution < -0.4 is 0 Å². The van der Waals surface area contributed by atoms with Crippen LogP contribution >= 0.6 is 15.9 Å². The molecule has 3 aromatic rings. The van der Waals surface area contributed by atoms with Crippen molar-refractivity contribution in [3.8, 4) is 0 Å². The molecule has 1 aliphatic carbocycles. The van der Waals surface area contributed by atoms with Crippen molar-refractivity contribution >= 4 is 21.6 Å². The number of imidazole rings is 1. The van der Waals surface area contributed by atoms with Crippen LogP contribution in [0.1, 0.15) is 66.1 Å². The van der Waals surface area contributed by atoms with Crippen LogP contribution in [0.15, 0.2) is 41.0 Å². The molecule has 4 rings (SSSR count). The van der Waals surface area contributed by atoms with Gasteiger partial charge in [-0.25, -0.2) is 4.98 Å². The van der Waals surface area contributed by atoms with Gasteiger partial charge < -0.3 is 4.40 Å². The molecule has 0 N–H and O–H groups in total. The van der Waals surface area contributed by atoms with E-state index in [0.717, 1.165) is 52.8 Å². The second-order valence-electron chi connectivity index (χ2n) is 7.65. The van der Waals surface area contributed by atoms with Gasteiger partial charge in [-0.1, -0.05) is 37.5 Å². The molecule has 1 saturated carbocycles. The largest absolute Gasteiger partial charge is 0.416 e. The summed E-state index contributed by atoms with van der Waals surface area (Å²) in [5.74, 6) is 0.319. The van der Waals surface area contributed by atoms with Crippen LogP contribution in [0.2, 0.25) is 0 Å². The van der Waals surface area contributed by atoms with Crippen molar-refractivity contribution in [3.05, 3.63) is 69.1 Å². The van der Waals surface area contributed by atoms with Crippen molar-refractivity contribution < 1.29 is 13.2 Å². The maximum absolute atomic E-state index is 13.5. The maximum atomic E-state index is 13.5. The lowest BCUT2D eigenvalue weighted by Gasteiger charge is -2.21. The summed E-state index contributed by atoms with van der Waals surface area (Å²) in [5.41, 5.74) is 3.43. The van der Waals surface area contributed by atoms with Crippen LogP contribution in [0.25, 0.3) is 5.65 Å². The van der Waals surface area contributed by atoms with Gasteiger partial charge in [0, 0.05) is 23.0 Å². The highest BCUT2D eigenvalue weighted by molar-refractivity contribution is 9.10. The fourth-order valence-electron chi connectivity index (χ4n) is 4.34. The molecule has 0 spiro atoms. The molecule has 2 aromatic heterocycles. The lowest BCUT2D eigenvalue weighted by molar-refractivity contribution is -0.138. The van der Waals surface area contributed by atoms with Gasteiger partial charge in [-0.05, 0) is 59.0 Å². The van der Waals surface area contributed by atoms with Gasteiger partial charge in [0.05, 0.1) is 17.0 Å². The van der Waals surface area contributed by atoms with Crippen molar-refractivity contribution in [1.82, 2.24) is 9.38 Å². The van der Waals surface area contributed by atoms with Crippen LogP contribution in [0.3, 0.4) is 0 Å². The molecule has 0 aliphatic heterocycles. The second kappa shape index (κ2) is 7.54. The van der Waals surface area contributed by atoms with E-state index in [4.69, 9.17) is 4.98 Å². The third kappa shape index (κ3) is 3.71. The molecular formula is C22H22BrF3N2. The molecule has 2 nitrogen and oxygen atoms in total. The predicted octanol–water partition coefficient (Wildman–Crippen LogP) is 7.06. The van der Waals surface area contributed by atoms with Crippen molar-refractivity contribution in [2.75, 3.05) is 0 Å². The minimum Gasteiger partial charge on any atom is -0.302 e. The number of hydrogen-bond donors (Lipinski definition) is 0. The van der Waals surface area contributed by atoms with Gasteiger partial charge in [0.1, 0.15) is 5.65 Å². The Labute approximate surface area is 170 Å². The van der Waals surface area contributed by atoms with Crippen molar-refractivity contribution in [2.24, 2.45) is 0 Å². The number of aryl methyl sites for hydroxylation is 1. The number of fused-ring (bicyclic) bond motifs is 1. The molecule has 1 aliphatic rings. The number of hydrogen-bond acceptors (Lipinski definition) is 1. The number of aromatic nitrogens is 2. The Morgan fingerprint density at radius 2 is 1.86 bits per heavy atom. The van der Waals surface area contributed by atoms with E-state index in [9.17, 15) is 13.2 Å². The molecule has 28 heavy (non-hydrogen) atoms. The molecule has 6 heteroatoms. The third-order valence-electron chi connectivity index (χ3n) is 5.67. The Hall–Kier alpha value is -1.82. The van der Waals surface area contributed by atoms with E-state index in [-0.39, 0.29) is 6.42 Å². The summed E-state index contributed by atoms with van der Waals surface area (Å²) in [6.07, 6.45) is 3.42. The number of alkyl halides is 3. The molecule has 2 heterocycles. The minimum atomic E-state index is -4.36. The second-order valence-corrected chi connectivity index (χ2v) is 8.56. The monoisotopic (exact) mass is 450 g/mol. The molecule has 1 aromatic carbocycles. The zero-order valence-electron chi connectivity index (χ0n) is 15.7. The van der Waals surface area contributed by atoms with Gasteiger partial charge in [-0.15, -0.1) is 0 Å². The first kappa shape index (κ1) is 19.5. The van der Waals surface area contributed by atoms with E-state index in [1.165, 1.54) is 18.6 Å². The maximum Gasteiger partial charge on any atom is 0.416 e. The lowest BCUT2D eigenvalue weighted by Crippen LogP contribution is -2.12. The zero-order chi connectivity index (χ0) is 19.9. The number of rotatable bonds is 3. The molecule has 0 bridgehead atoms. The highest BCUT2D eigenvalue weighted by Gasteiger charge is 2.34.